The maximum absolute atomic E-state index is 11.0. The van der Waals surface area contributed by atoms with Crippen LogP contribution in [0.2, 0.25) is 0 Å². The quantitative estimate of drug-likeness (QED) is 0.435. The predicted octanol–water partition coefficient (Wildman–Crippen LogP) is 2.46. The van der Waals surface area contributed by atoms with E-state index in [9.17, 15) is 15.2 Å². The summed E-state index contributed by atoms with van der Waals surface area (Å²) < 4.78 is 0. The van der Waals surface area contributed by atoms with Crippen molar-refractivity contribution in [2.75, 3.05) is 6.61 Å². The zero-order chi connectivity index (χ0) is 17.3. The standard InChI is InChI=1S/C16H23N3O3S/c1-15(2,3)17-14(23)18-16(10-12(16)7-8-20)11-5-4-6-13(9-11)19(21)22/h4-6,9,12,20H,7-8,10H2,1-3H3,(H2,17,18,23). The number of nitrogens with zero attached hydrogens (tertiary/aromatic N) is 1. The van der Waals surface area contributed by atoms with E-state index >= 15 is 0 Å². The van der Waals surface area contributed by atoms with E-state index in [-0.39, 0.29) is 23.8 Å². The van der Waals surface area contributed by atoms with Gasteiger partial charge in [0, 0.05) is 24.3 Å². The molecule has 23 heavy (non-hydrogen) atoms. The van der Waals surface area contributed by atoms with Crippen LogP contribution in [0.15, 0.2) is 24.3 Å². The molecule has 1 fully saturated rings. The zero-order valence-corrected chi connectivity index (χ0v) is 14.4. The summed E-state index contributed by atoms with van der Waals surface area (Å²) in [6.07, 6.45) is 1.43. The van der Waals surface area contributed by atoms with Gasteiger partial charge in [-0.1, -0.05) is 12.1 Å². The lowest BCUT2D eigenvalue weighted by atomic mass is 10.0. The number of hydrogen-bond donors (Lipinski definition) is 3. The minimum atomic E-state index is -0.440. The number of nitrogens with one attached hydrogen (secondary N) is 2. The Labute approximate surface area is 141 Å². The molecule has 1 aromatic rings. The number of nitro groups is 1. The summed E-state index contributed by atoms with van der Waals surface area (Å²) in [5, 5.41) is 27.3. The number of aliphatic hydroxyl groups excluding tert-OH is 1. The first-order chi connectivity index (χ1) is 10.7. The van der Waals surface area contributed by atoms with Crippen molar-refractivity contribution in [3.05, 3.63) is 39.9 Å². The summed E-state index contributed by atoms with van der Waals surface area (Å²) in [6.45, 7) is 6.12. The molecule has 0 amide bonds. The van der Waals surface area contributed by atoms with Crippen LogP contribution in [-0.4, -0.2) is 27.3 Å². The molecule has 1 aliphatic rings. The van der Waals surface area contributed by atoms with Crippen LogP contribution in [0.5, 0.6) is 0 Å². The molecule has 2 unspecified atom stereocenters. The topological polar surface area (TPSA) is 87.4 Å². The van der Waals surface area contributed by atoms with Crippen LogP contribution in [0.4, 0.5) is 5.69 Å². The number of thiocarbonyl (C=S) groups is 1. The molecule has 1 aromatic carbocycles. The van der Waals surface area contributed by atoms with E-state index in [1.807, 2.05) is 26.8 Å². The average Bonchev–Trinajstić information content (AvgIpc) is 3.11. The Morgan fingerprint density at radius 3 is 2.78 bits per heavy atom. The van der Waals surface area contributed by atoms with Crippen molar-refractivity contribution in [1.82, 2.24) is 10.6 Å². The Bertz CT molecular complexity index is 615. The molecule has 1 aliphatic carbocycles. The highest BCUT2D eigenvalue weighted by molar-refractivity contribution is 7.80. The third-order valence-corrected chi connectivity index (χ3v) is 4.18. The third-order valence-electron chi connectivity index (χ3n) is 3.98. The molecule has 6 nitrogen and oxygen atoms in total. The van der Waals surface area contributed by atoms with Gasteiger partial charge >= 0.3 is 0 Å². The molecular formula is C16H23N3O3S. The average molecular weight is 337 g/mol. The van der Waals surface area contributed by atoms with Crippen LogP contribution in [0, 0.1) is 16.0 Å². The van der Waals surface area contributed by atoms with Gasteiger partial charge in [-0.2, -0.15) is 0 Å². The molecule has 2 atom stereocenters. The van der Waals surface area contributed by atoms with Crippen molar-refractivity contribution in [2.24, 2.45) is 5.92 Å². The molecule has 2 rings (SSSR count). The Morgan fingerprint density at radius 2 is 2.22 bits per heavy atom. The molecule has 3 N–H and O–H groups in total. The lowest BCUT2D eigenvalue weighted by molar-refractivity contribution is -0.384. The van der Waals surface area contributed by atoms with E-state index in [1.165, 1.54) is 6.07 Å². The van der Waals surface area contributed by atoms with Gasteiger partial charge in [-0.15, -0.1) is 0 Å². The van der Waals surface area contributed by atoms with Gasteiger partial charge in [0.2, 0.25) is 0 Å². The summed E-state index contributed by atoms with van der Waals surface area (Å²) >= 11 is 5.39. The van der Waals surface area contributed by atoms with Crippen LogP contribution >= 0.6 is 12.2 Å². The number of rotatable bonds is 5. The number of hydrogen-bond acceptors (Lipinski definition) is 4. The predicted molar refractivity (Wildman–Crippen MR) is 93.2 cm³/mol. The summed E-state index contributed by atoms with van der Waals surface area (Å²) in [4.78, 5) is 10.6. The van der Waals surface area contributed by atoms with E-state index in [0.29, 0.717) is 11.5 Å². The Hall–Kier alpha value is -1.73. The Morgan fingerprint density at radius 1 is 1.52 bits per heavy atom. The van der Waals surface area contributed by atoms with Crippen LogP contribution in [0.3, 0.4) is 0 Å². The molecule has 0 aliphatic heterocycles. The highest BCUT2D eigenvalue weighted by Crippen LogP contribution is 2.54. The third kappa shape index (κ3) is 4.17. The van der Waals surface area contributed by atoms with E-state index in [0.717, 1.165) is 12.0 Å². The molecule has 7 heteroatoms. The van der Waals surface area contributed by atoms with Gasteiger partial charge in [0.25, 0.3) is 5.69 Å². The maximum atomic E-state index is 11.0. The largest absolute Gasteiger partial charge is 0.396 e. The SMILES string of the molecule is CC(C)(C)NC(=S)NC1(c2cccc([N+](=O)[O-])c2)CC1CCO. The smallest absolute Gasteiger partial charge is 0.269 e. The first-order valence-corrected chi connectivity index (χ1v) is 8.05. The molecule has 1 saturated carbocycles. The van der Waals surface area contributed by atoms with Gasteiger partial charge in [0.05, 0.1) is 10.5 Å². The van der Waals surface area contributed by atoms with E-state index < -0.39 is 10.5 Å². The van der Waals surface area contributed by atoms with E-state index in [2.05, 4.69) is 10.6 Å². The molecule has 0 bridgehead atoms. The first-order valence-electron chi connectivity index (χ1n) is 7.64. The second-order valence-corrected chi connectivity index (χ2v) is 7.43. The molecule has 0 radical (unpaired) electrons. The Balaban J connectivity index is 2.25. The van der Waals surface area contributed by atoms with Crippen molar-refractivity contribution < 1.29 is 10.0 Å². The summed E-state index contributed by atoms with van der Waals surface area (Å²) in [6, 6.07) is 6.62. The van der Waals surface area contributed by atoms with Crippen LogP contribution in [0.1, 0.15) is 39.2 Å². The van der Waals surface area contributed by atoms with Gasteiger partial charge < -0.3 is 15.7 Å². The van der Waals surface area contributed by atoms with Crippen molar-refractivity contribution in [2.45, 2.75) is 44.7 Å². The zero-order valence-electron chi connectivity index (χ0n) is 13.6. The fourth-order valence-electron chi connectivity index (χ4n) is 2.88. The van der Waals surface area contributed by atoms with Crippen molar-refractivity contribution >= 4 is 23.0 Å². The van der Waals surface area contributed by atoms with E-state index in [1.54, 1.807) is 12.1 Å². The van der Waals surface area contributed by atoms with Gasteiger partial charge in [0.15, 0.2) is 5.11 Å². The van der Waals surface area contributed by atoms with Gasteiger partial charge in [-0.25, -0.2) is 0 Å². The lowest BCUT2D eigenvalue weighted by Crippen LogP contribution is -2.50. The van der Waals surface area contributed by atoms with E-state index in [4.69, 9.17) is 12.2 Å². The fraction of sp³-hybridized carbons (Fsp3) is 0.562. The number of aliphatic hydroxyl groups is 1. The minimum Gasteiger partial charge on any atom is -0.396 e. The monoisotopic (exact) mass is 337 g/mol. The van der Waals surface area contributed by atoms with Gasteiger partial charge in [0.1, 0.15) is 0 Å². The molecule has 0 heterocycles. The first kappa shape index (κ1) is 17.6. The fourth-order valence-corrected chi connectivity index (χ4v) is 3.37. The van der Waals surface area contributed by atoms with Gasteiger partial charge in [-0.3, -0.25) is 10.1 Å². The summed E-state index contributed by atoms with van der Waals surface area (Å²) in [5.74, 6) is 0.203. The second kappa shape index (κ2) is 6.41. The van der Waals surface area contributed by atoms with Crippen LogP contribution in [-0.2, 0) is 5.54 Å². The highest BCUT2D eigenvalue weighted by atomic mass is 32.1. The highest BCUT2D eigenvalue weighted by Gasteiger charge is 2.55. The summed E-state index contributed by atoms with van der Waals surface area (Å²) in [5.41, 5.74) is 0.288. The molecule has 0 spiro atoms. The van der Waals surface area contributed by atoms with Crippen LogP contribution < -0.4 is 10.6 Å². The van der Waals surface area contributed by atoms with Crippen LogP contribution in [0.25, 0.3) is 0 Å². The number of nitro benzene ring substituents is 1. The molecular weight excluding hydrogens is 314 g/mol. The minimum absolute atomic E-state index is 0.0630. The summed E-state index contributed by atoms with van der Waals surface area (Å²) in [7, 11) is 0. The number of benzene rings is 1. The second-order valence-electron chi connectivity index (χ2n) is 7.02. The lowest BCUT2D eigenvalue weighted by Gasteiger charge is -2.28. The van der Waals surface area contributed by atoms with Crippen molar-refractivity contribution in [3.63, 3.8) is 0 Å². The van der Waals surface area contributed by atoms with Crippen molar-refractivity contribution in [3.8, 4) is 0 Å². The van der Waals surface area contributed by atoms with Gasteiger partial charge in [-0.05, 0) is 57.3 Å². The number of non-ortho nitro benzene ring substituents is 1. The Kier molecular flexibility index (Phi) is 4.91. The molecule has 0 aromatic heterocycles. The molecule has 126 valence electrons. The maximum Gasteiger partial charge on any atom is 0.269 e. The molecule has 0 saturated heterocycles. The van der Waals surface area contributed by atoms with Crippen molar-refractivity contribution in [1.29, 1.82) is 0 Å². The normalized spacial score (nSPS) is 23.2.